The van der Waals surface area contributed by atoms with Crippen LogP contribution in [-0.4, -0.2) is 5.43 Å². The standard InChI is InChI=1S/2C13H13.C2H6Si.Zr/c2*1-9-7-11-3-2-4-12(10-5-6-10)13(11)8-9;1-3-2;/h2*2-4,7-8,10H,5-6H2,1H3;1-2H3;. The Bertz CT molecular complexity index is 1070. The average Bonchev–Trinajstić information content (AvgIpc) is 3.63. The van der Waals surface area contributed by atoms with Crippen LogP contribution in [0.25, 0.3) is 12.2 Å². The molecule has 0 nitrogen and oxygen atoms in total. The first-order chi connectivity index (χ1) is 14.5. The van der Waals surface area contributed by atoms with Crippen molar-refractivity contribution in [3.8, 4) is 0 Å². The van der Waals surface area contributed by atoms with Gasteiger partial charge in [0.15, 0.2) is 0 Å². The first kappa shape index (κ1) is 19.7. The first-order valence-corrected chi connectivity index (χ1v) is 20.9. The molecular formula is C28H32SiZr. The minimum absolute atomic E-state index is 0.306. The average molecular weight is 488 g/mol. The molecule has 2 aromatic rings. The van der Waals surface area contributed by atoms with E-state index in [0.29, 0.717) is 0 Å². The molecule has 152 valence electrons. The monoisotopic (exact) mass is 486 g/mol. The van der Waals surface area contributed by atoms with Crippen LogP contribution < -0.4 is 0 Å². The molecule has 2 fully saturated rings. The molecule has 0 aromatic heterocycles. The van der Waals surface area contributed by atoms with E-state index in [4.69, 9.17) is 0 Å². The molecule has 0 bridgehead atoms. The summed E-state index contributed by atoms with van der Waals surface area (Å²) in [6.07, 6.45) is 10.8. The van der Waals surface area contributed by atoms with Crippen molar-refractivity contribution in [3.63, 3.8) is 0 Å². The van der Waals surface area contributed by atoms with Gasteiger partial charge in [-0.15, -0.1) is 0 Å². The van der Waals surface area contributed by atoms with Gasteiger partial charge in [-0.3, -0.25) is 0 Å². The van der Waals surface area contributed by atoms with Gasteiger partial charge < -0.3 is 0 Å². The van der Waals surface area contributed by atoms with Crippen molar-refractivity contribution in [2.45, 2.75) is 71.7 Å². The Kier molecular flexibility index (Phi) is 4.78. The van der Waals surface area contributed by atoms with Crippen LogP contribution in [0.3, 0.4) is 0 Å². The molecule has 4 aliphatic carbocycles. The Labute approximate surface area is 189 Å². The van der Waals surface area contributed by atoms with E-state index in [9.17, 15) is 0 Å². The number of allylic oxidation sites excluding steroid dienone is 2. The number of hydrogen-bond donors (Lipinski definition) is 0. The van der Waals surface area contributed by atoms with E-state index in [-0.39, 0.29) is 5.43 Å². The number of rotatable bonds is 4. The van der Waals surface area contributed by atoms with Crippen LogP contribution >= 0.6 is 0 Å². The number of benzene rings is 2. The summed E-state index contributed by atoms with van der Waals surface area (Å²) in [4.78, 5) is 0. The summed E-state index contributed by atoms with van der Waals surface area (Å²) >= 11 is -1.86. The van der Waals surface area contributed by atoms with E-state index in [2.05, 4.69) is 75.5 Å². The van der Waals surface area contributed by atoms with Gasteiger partial charge in [-0.2, -0.15) is 0 Å². The summed E-state index contributed by atoms with van der Waals surface area (Å²) in [5.41, 5.74) is 13.1. The maximum atomic E-state index is 2.64. The molecule has 0 aliphatic heterocycles. The van der Waals surface area contributed by atoms with Crippen molar-refractivity contribution in [2.75, 3.05) is 0 Å². The third kappa shape index (κ3) is 3.08. The van der Waals surface area contributed by atoms with Crippen molar-refractivity contribution in [1.82, 2.24) is 0 Å². The molecule has 2 unspecified atom stereocenters. The number of fused-ring (bicyclic) bond motifs is 2. The molecule has 0 amide bonds. The predicted octanol–water partition coefficient (Wildman–Crippen LogP) is 7.93. The summed E-state index contributed by atoms with van der Waals surface area (Å²) in [6.45, 7) is 10.2. The van der Waals surface area contributed by atoms with E-state index in [1.165, 1.54) is 25.7 Å². The van der Waals surface area contributed by atoms with Crippen molar-refractivity contribution < 1.29 is 20.4 Å². The van der Waals surface area contributed by atoms with Crippen LogP contribution in [0, 0.1) is 0 Å². The third-order valence-corrected chi connectivity index (χ3v) is 27.8. The molecule has 6 rings (SSSR count). The molecule has 0 spiro atoms. The van der Waals surface area contributed by atoms with Crippen LogP contribution in [-0.2, 0) is 20.4 Å². The second-order valence-corrected chi connectivity index (χ2v) is 28.2. The molecule has 2 atom stereocenters. The second kappa shape index (κ2) is 7.28. The van der Waals surface area contributed by atoms with Crippen LogP contribution in [0.15, 0.2) is 47.5 Å². The molecule has 0 radical (unpaired) electrons. The summed E-state index contributed by atoms with van der Waals surface area (Å²) in [7, 11) is 0. The van der Waals surface area contributed by atoms with Crippen molar-refractivity contribution in [2.24, 2.45) is 0 Å². The maximum absolute atomic E-state index is 2.64. The van der Waals surface area contributed by atoms with Crippen LogP contribution in [0.5, 0.6) is 0 Å². The molecule has 4 aliphatic rings. The SMILES string of the molecule is CC1=Cc2c(C3CC3)cccc2[CH]1[Zr]([CH]1C(C)=Cc2c(C3CC3)cccc21)=[Si](C)C. The van der Waals surface area contributed by atoms with E-state index >= 15 is 0 Å². The Morgan fingerprint density at radius 1 is 0.667 bits per heavy atom. The Balaban J connectivity index is 1.49. The summed E-state index contributed by atoms with van der Waals surface area (Å²) in [5.74, 6) is 1.69. The third-order valence-electron chi connectivity index (χ3n) is 7.86. The quantitative estimate of drug-likeness (QED) is 0.384. The van der Waals surface area contributed by atoms with Gasteiger partial charge in [-0.05, 0) is 0 Å². The Morgan fingerprint density at radius 3 is 1.43 bits per heavy atom. The van der Waals surface area contributed by atoms with Gasteiger partial charge in [0.1, 0.15) is 0 Å². The summed E-state index contributed by atoms with van der Waals surface area (Å²) in [5, 5.41) is 0. The van der Waals surface area contributed by atoms with E-state index in [0.717, 1.165) is 19.1 Å². The van der Waals surface area contributed by atoms with E-state index in [1.54, 1.807) is 44.5 Å². The van der Waals surface area contributed by atoms with Crippen LogP contribution in [0.2, 0.25) is 13.1 Å². The van der Waals surface area contributed by atoms with Crippen molar-refractivity contribution in [3.05, 3.63) is 80.9 Å². The molecule has 0 heterocycles. The van der Waals surface area contributed by atoms with Gasteiger partial charge in [0.25, 0.3) is 0 Å². The van der Waals surface area contributed by atoms with Gasteiger partial charge in [0.2, 0.25) is 0 Å². The molecule has 30 heavy (non-hydrogen) atoms. The summed E-state index contributed by atoms with van der Waals surface area (Å²) in [6, 6.07) is 14.6. The fraction of sp³-hybridized carbons (Fsp3) is 0.429. The second-order valence-electron chi connectivity index (χ2n) is 10.3. The van der Waals surface area contributed by atoms with Gasteiger partial charge >= 0.3 is 191 Å². The Hall–Kier alpha value is -0.980. The topological polar surface area (TPSA) is 0 Å². The van der Waals surface area contributed by atoms with Gasteiger partial charge in [0, 0.05) is 0 Å². The molecule has 2 saturated carbocycles. The van der Waals surface area contributed by atoms with Crippen molar-refractivity contribution >= 4 is 17.6 Å². The predicted molar refractivity (Wildman–Crippen MR) is 127 cm³/mol. The molecule has 0 N–H and O–H groups in total. The first-order valence-electron chi connectivity index (χ1n) is 11.8. The van der Waals surface area contributed by atoms with Crippen molar-refractivity contribution in [1.29, 1.82) is 0 Å². The fourth-order valence-electron chi connectivity index (χ4n) is 6.22. The minimum atomic E-state index is -1.86. The fourth-order valence-corrected chi connectivity index (χ4v) is 27.0. The zero-order valence-corrected chi connectivity index (χ0v) is 22.2. The molecular weight excluding hydrogens is 456 g/mol. The van der Waals surface area contributed by atoms with Gasteiger partial charge in [-0.1, -0.05) is 0 Å². The number of hydrogen-bond acceptors (Lipinski definition) is 0. The van der Waals surface area contributed by atoms with Gasteiger partial charge in [0.05, 0.1) is 0 Å². The Morgan fingerprint density at radius 2 is 1.07 bits per heavy atom. The van der Waals surface area contributed by atoms with E-state index in [1.807, 2.05) is 0 Å². The normalized spacial score (nSPS) is 24.3. The van der Waals surface area contributed by atoms with Crippen LogP contribution in [0.1, 0.15) is 92.0 Å². The van der Waals surface area contributed by atoms with Gasteiger partial charge in [-0.25, -0.2) is 0 Å². The van der Waals surface area contributed by atoms with Crippen LogP contribution in [0.4, 0.5) is 0 Å². The molecule has 2 heteroatoms. The molecule has 2 aromatic carbocycles. The zero-order chi connectivity index (χ0) is 20.6. The zero-order valence-electron chi connectivity index (χ0n) is 18.8. The summed E-state index contributed by atoms with van der Waals surface area (Å²) < 4.78 is 1.57. The van der Waals surface area contributed by atoms with E-state index < -0.39 is 20.4 Å². The molecule has 0 saturated heterocycles.